The van der Waals surface area contributed by atoms with E-state index in [4.69, 9.17) is 0 Å². The van der Waals surface area contributed by atoms with Gasteiger partial charge >= 0.3 is 0 Å². The minimum Gasteiger partial charge on any atom is -0.314 e. The molecule has 1 unspecified atom stereocenters. The van der Waals surface area contributed by atoms with Crippen LogP contribution in [0.25, 0.3) is 0 Å². The first kappa shape index (κ1) is 14.0. The molecule has 0 amide bonds. The van der Waals surface area contributed by atoms with E-state index in [1.165, 1.54) is 45.3 Å². The molecule has 1 rings (SSSR count). The Labute approximate surface area is 102 Å². The minimum absolute atomic E-state index is 0.696. The van der Waals surface area contributed by atoms with Crippen LogP contribution in [-0.4, -0.2) is 37.6 Å². The molecule has 1 aliphatic rings. The van der Waals surface area contributed by atoms with E-state index < -0.39 is 0 Å². The molecule has 0 saturated carbocycles. The molecular weight excluding hydrogens is 196 g/mol. The van der Waals surface area contributed by atoms with Crippen LogP contribution in [0, 0.1) is 11.8 Å². The van der Waals surface area contributed by atoms with Gasteiger partial charge in [0, 0.05) is 6.04 Å². The molecule has 1 saturated heterocycles. The van der Waals surface area contributed by atoms with Crippen molar-refractivity contribution in [2.24, 2.45) is 11.8 Å². The number of rotatable bonds is 6. The summed E-state index contributed by atoms with van der Waals surface area (Å²) in [6, 6.07) is 0.696. The first-order valence-electron chi connectivity index (χ1n) is 7.00. The fourth-order valence-corrected chi connectivity index (χ4v) is 2.32. The molecular formula is C14H30N2. The normalized spacial score (nSPS) is 21.6. The first-order chi connectivity index (χ1) is 7.58. The van der Waals surface area contributed by atoms with Gasteiger partial charge in [-0.05, 0) is 71.1 Å². The van der Waals surface area contributed by atoms with Crippen molar-refractivity contribution in [1.82, 2.24) is 10.2 Å². The molecule has 0 aromatic heterocycles. The van der Waals surface area contributed by atoms with Gasteiger partial charge in [-0.2, -0.15) is 0 Å². The Kier molecular flexibility index (Phi) is 6.37. The molecule has 0 aromatic rings. The van der Waals surface area contributed by atoms with Crippen LogP contribution in [0.3, 0.4) is 0 Å². The monoisotopic (exact) mass is 226 g/mol. The summed E-state index contributed by atoms with van der Waals surface area (Å²) in [5.41, 5.74) is 0. The average Bonchev–Trinajstić information content (AvgIpc) is 2.25. The van der Waals surface area contributed by atoms with Crippen LogP contribution in [0.5, 0.6) is 0 Å². The van der Waals surface area contributed by atoms with Crippen molar-refractivity contribution in [2.45, 2.75) is 52.5 Å². The molecule has 1 fully saturated rings. The highest BCUT2D eigenvalue weighted by Crippen LogP contribution is 2.15. The lowest BCUT2D eigenvalue weighted by atomic mass is 9.96. The Balaban J connectivity index is 2.05. The maximum atomic E-state index is 3.70. The standard InChI is InChI=1S/C14H30N2/c1-12(2)5-6-13(3)15-11-14-7-9-16(4)10-8-14/h12-15H,5-11H2,1-4H3. The molecule has 1 heterocycles. The van der Waals surface area contributed by atoms with Gasteiger partial charge in [-0.1, -0.05) is 13.8 Å². The third-order valence-electron chi connectivity index (χ3n) is 3.77. The van der Waals surface area contributed by atoms with E-state index in [2.05, 4.69) is 38.0 Å². The predicted molar refractivity (Wildman–Crippen MR) is 71.8 cm³/mol. The number of piperidine rings is 1. The van der Waals surface area contributed by atoms with E-state index in [-0.39, 0.29) is 0 Å². The number of nitrogens with zero attached hydrogens (tertiary/aromatic N) is 1. The summed E-state index contributed by atoms with van der Waals surface area (Å²) in [5.74, 6) is 1.75. The maximum Gasteiger partial charge on any atom is 0.00389 e. The average molecular weight is 226 g/mol. The summed E-state index contributed by atoms with van der Waals surface area (Å²) >= 11 is 0. The molecule has 0 radical (unpaired) electrons. The Hall–Kier alpha value is -0.0800. The van der Waals surface area contributed by atoms with E-state index in [0.29, 0.717) is 6.04 Å². The van der Waals surface area contributed by atoms with Gasteiger partial charge in [0.2, 0.25) is 0 Å². The highest BCUT2D eigenvalue weighted by Gasteiger charge is 2.16. The molecule has 0 aliphatic carbocycles. The lowest BCUT2D eigenvalue weighted by Crippen LogP contribution is -2.37. The molecule has 1 N–H and O–H groups in total. The van der Waals surface area contributed by atoms with E-state index in [0.717, 1.165) is 11.8 Å². The van der Waals surface area contributed by atoms with Gasteiger partial charge in [0.1, 0.15) is 0 Å². The quantitative estimate of drug-likeness (QED) is 0.749. The predicted octanol–water partition coefficient (Wildman–Crippen LogP) is 2.74. The minimum atomic E-state index is 0.696. The summed E-state index contributed by atoms with van der Waals surface area (Å²) in [6.07, 6.45) is 5.42. The lowest BCUT2D eigenvalue weighted by Gasteiger charge is -2.30. The van der Waals surface area contributed by atoms with Crippen LogP contribution < -0.4 is 5.32 Å². The van der Waals surface area contributed by atoms with Crippen molar-refractivity contribution >= 4 is 0 Å². The van der Waals surface area contributed by atoms with Crippen molar-refractivity contribution in [2.75, 3.05) is 26.7 Å². The highest BCUT2D eigenvalue weighted by molar-refractivity contribution is 4.73. The van der Waals surface area contributed by atoms with E-state index in [9.17, 15) is 0 Å². The second-order valence-corrected chi connectivity index (χ2v) is 6.03. The zero-order chi connectivity index (χ0) is 12.0. The van der Waals surface area contributed by atoms with E-state index in [1.54, 1.807) is 0 Å². The molecule has 96 valence electrons. The van der Waals surface area contributed by atoms with Crippen molar-refractivity contribution in [3.63, 3.8) is 0 Å². The van der Waals surface area contributed by atoms with Crippen LogP contribution in [0.1, 0.15) is 46.5 Å². The number of hydrogen-bond acceptors (Lipinski definition) is 2. The van der Waals surface area contributed by atoms with Crippen molar-refractivity contribution in [3.05, 3.63) is 0 Å². The van der Waals surface area contributed by atoms with Gasteiger partial charge in [0.25, 0.3) is 0 Å². The molecule has 1 aliphatic heterocycles. The highest BCUT2D eigenvalue weighted by atomic mass is 15.1. The van der Waals surface area contributed by atoms with E-state index in [1.807, 2.05) is 0 Å². The summed E-state index contributed by atoms with van der Waals surface area (Å²) in [7, 11) is 2.23. The van der Waals surface area contributed by atoms with Crippen LogP contribution in [0.4, 0.5) is 0 Å². The number of hydrogen-bond donors (Lipinski definition) is 1. The second-order valence-electron chi connectivity index (χ2n) is 6.03. The molecule has 16 heavy (non-hydrogen) atoms. The lowest BCUT2D eigenvalue weighted by molar-refractivity contribution is 0.212. The molecule has 2 heteroatoms. The Morgan fingerprint density at radius 1 is 1.12 bits per heavy atom. The smallest absolute Gasteiger partial charge is 0.00389 e. The van der Waals surface area contributed by atoms with Crippen molar-refractivity contribution in [1.29, 1.82) is 0 Å². The number of nitrogens with one attached hydrogen (secondary N) is 1. The fraction of sp³-hybridized carbons (Fsp3) is 1.00. The third-order valence-corrected chi connectivity index (χ3v) is 3.77. The zero-order valence-corrected chi connectivity index (χ0v) is 11.6. The van der Waals surface area contributed by atoms with Crippen LogP contribution in [0.15, 0.2) is 0 Å². The van der Waals surface area contributed by atoms with Crippen molar-refractivity contribution < 1.29 is 0 Å². The largest absolute Gasteiger partial charge is 0.314 e. The topological polar surface area (TPSA) is 15.3 Å². The third kappa shape index (κ3) is 5.86. The van der Waals surface area contributed by atoms with Gasteiger partial charge in [0.15, 0.2) is 0 Å². The van der Waals surface area contributed by atoms with Crippen LogP contribution in [0.2, 0.25) is 0 Å². The maximum absolute atomic E-state index is 3.70. The second kappa shape index (κ2) is 7.29. The molecule has 0 aromatic carbocycles. The zero-order valence-electron chi connectivity index (χ0n) is 11.6. The summed E-state index contributed by atoms with van der Waals surface area (Å²) in [4.78, 5) is 2.44. The Morgan fingerprint density at radius 3 is 2.31 bits per heavy atom. The molecule has 0 bridgehead atoms. The van der Waals surface area contributed by atoms with Crippen LogP contribution in [-0.2, 0) is 0 Å². The van der Waals surface area contributed by atoms with Gasteiger partial charge in [-0.25, -0.2) is 0 Å². The van der Waals surface area contributed by atoms with Gasteiger partial charge in [-0.3, -0.25) is 0 Å². The molecule has 1 atom stereocenters. The van der Waals surface area contributed by atoms with Gasteiger partial charge < -0.3 is 10.2 Å². The van der Waals surface area contributed by atoms with E-state index >= 15 is 0 Å². The number of likely N-dealkylation sites (tertiary alicyclic amines) is 1. The fourth-order valence-electron chi connectivity index (χ4n) is 2.32. The Morgan fingerprint density at radius 2 is 1.75 bits per heavy atom. The first-order valence-corrected chi connectivity index (χ1v) is 7.00. The van der Waals surface area contributed by atoms with Gasteiger partial charge in [0.05, 0.1) is 0 Å². The van der Waals surface area contributed by atoms with Crippen molar-refractivity contribution in [3.8, 4) is 0 Å². The molecule has 2 nitrogen and oxygen atoms in total. The van der Waals surface area contributed by atoms with Crippen LogP contribution >= 0.6 is 0 Å². The Bertz CT molecular complexity index is 172. The summed E-state index contributed by atoms with van der Waals surface area (Å²) in [6.45, 7) is 10.7. The summed E-state index contributed by atoms with van der Waals surface area (Å²) < 4.78 is 0. The van der Waals surface area contributed by atoms with Gasteiger partial charge in [-0.15, -0.1) is 0 Å². The molecule has 0 spiro atoms. The summed E-state index contributed by atoms with van der Waals surface area (Å²) in [5, 5.41) is 3.70. The SMILES string of the molecule is CC(C)CCC(C)NCC1CCN(C)CC1.